The number of rotatable bonds is 4. The van der Waals surface area contributed by atoms with Gasteiger partial charge in [-0.2, -0.15) is 0 Å². The average Bonchev–Trinajstić information content (AvgIpc) is 2.39. The summed E-state index contributed by atoms with van der Waals surface area (Å²) in [5, 5.41) is 5.97. The Bertz CT molecular complexity index is 394. The molecule has 0 aliphatic carbocycles. The normalized spacial score (nSPS) is 18.5. The summed E-state index contributed by atoms with van der Waals surface area (Å²) in [6.07, 6.45) is 0.306. The molecular weight excluding hydrogens is 271 g/mol. The largest absolute Gasteiger partial charge is 0.375 e. The summed E-state index contributed by atoms with van der Waals surface area (Å²) in [7, 11) is 0. The maximum atomic E-state index is 12.7. The van der Waals surface area contributed by atoms with Gasteiger partial charge in [0.25, 0.3) is 0 Å². The van der Waals surface area contributed by atoms with Gasteiger partial charge in [-0.15, -0.1) is 12.4 Å². The number of amides is 1. The number of hydrogen-bond donors (Lipinski definition) is 2. The molecule has 1 aromatic rings. The van der Waals surface area contributed by atoms with E-state index in [0.717, 1.165) is 12.1 Å². The Labute approximate surface area is 118 Å². The van der Waals surface area contributed by atoms with Gasteiger partial charge in [0.2, 0.25) is 5.91 Å². The molecule has 0 saturated carbocycles. The molecule has 106 valence electrons. The van der Waals surface area contributed by atoms with Crippen LogP contribution in [-0.4, -0.2) is 31.7 Å². The highest BCUT2D eigenvalue weighted by molar-refractivity contribution is 5.85. The molecule has 4 nitrogen and oxygen atoms in total. The van der Waals surface area contributed by atoms with Gasteiger partial charge in [0.15, 0.2) is 0 Å². The van der Waals surface area contributed by atoms with Crippen LogP contribution in [0.5, 0.6) is 0 Å². The van der Waals surface area contributed by atoms with Crippen molar-refractivity contribution in [1.29, 1.82) is 0 Å². The molecule has 1 heterocycles. The maximum absolute atomic E-state index is 12.7. The van der Waals surface area contributed by atoms with Crippen LogP contribution in [0, 0.1) is 5.82 Å². The molecule has 2 rings (SSSR count). The summed E-state index contributed by atoms with van der Waals surface area (Å²) in [5.74, 6) is -0.320. The number of hydrogen-bond acceptors (Lipinski definition) is 3. The molecule has 1 amide bonds. The SMILES string of the molecule is Cl.O=C(CC1CNCCO1)NCc1ccc(F)cc1. The van der Waals surface area contributed by atoms with Crippen molar-refractivity contribution in [2.75, 3.05) is 19.7 Å². The molecule has 1 fully saturated rings. The minimum absolute atomic E-state index is 0. The van der Waals surface area contributed by atoms with Crippen molar-refractivity contribution in [2.24, 2.45) is 0 Å². The van der Waals surface area contributed by atoms with Crippen molar-refractivity contribution in [1.82, 2.24) is 10.6 Å². The second kappa shape index (κ2) is 8.09. The molecule has 0 aromatic heterocycles. The van der Waals surface area contributed by atoms with E-state index in [9.17, 15) is 9.18 Å². The molecule has 1 saturated heterocycles. The number of nitrogens with one attached hydrogen (secondary N) is 2. The summed E-state index contributed by atoms with van der Waals surface area (Å²) in [6, 6.07) is 6.09. The fourth-order valence-corrected chi connectivity index (χ4v) is 1.83. The van der Waals surface area contributed by atoms with Gasteiger partial charge in [-0.1, -0.05) is 12.1 Å². The van der Waals surface area contributed by atoms with E-state index in [0.29, 0.717) is 26.1 Å². The fourth-order valence-electron chi connectivity index (χ4n) is 1.83. The first-order valence-electron chi connectivity index (χ1n) is 6.07. The molecule has 1 aliphatic heterocycles. The number of benzene rings is 1. The second-order valence-corrected chi connectivity index (χ2v) is 4.30. The minimum atomic E-state index is -0.272. The Morgan fingerprint density at radius 2 is 2.16 bits per heavy atom. The smallest absolute Gasteiger partial charge is 0.222 e. The van der Waals surface area contributed by atoms with E-state index in [4.69, 9.17) is 4.74 Å². The van der Waals surface area contributed by atoms with Crippen LogP contribution in [0.2, 0.25) is 0 Å². The lowest BCUT2D eigenvalue weighted by atomic mass is 10.2. The standard InChI is InChI=1S/C13H17FN2O2.ClH/c14-11-3-1-10(2-4-11)8-16-13(17)7-12-9-15-5-6-18-12;/h1-4,12,15H,5-9H2,(H,16,17);1H. The molecule has 1 atom stereocenters. The predicted octanol–water partition coefficient (Wildman–Crippen LogP) is 1.24. The first-order valence-corrected chi connectivity index (χ1v) is 6.07. The Kier molecular flexibility index (Phi) is 6.77. The second-order valence-electron chi connectivity index (χ2n) is 4.30. The van der Waals surface area contributed by atoms with Crippen molar-refractivity contribution in [3.63, 3.8) is 0 Å². The number of halogens is 2. The molecule has 2 N–H and O–H groups in total. The Morgan fingerprint density at radius 3 is 2.79 bits per heavy atom. The highest BCUT2D eigenvalue weighted by atomic mass is 35.5. The third-order valence-corrected chi connectivity index (χ3v) is 2.82. The van der Waals surface area contributed by atoms with E-state index < -0.39 is 0 Å². The van der Waals surface area contributed by atoms with Gasteiger partial charge in [-0.25, -0.2) is 4.39 Å². The first-order chi connectivity index (χ1) is 8.74. The molecular formula is C13H18ClFN2O2. The fraction of sp³-hybridized carbons (Fsp3) is 0.462. The van der Waals surface area contributed by atoms with Crippen LogP contribution in [0.1, 0.15) is 12.0 Å². The summed E-state index contributed by atoms with van der Waals surface area (Å²) in [5.41, 5.74) is 0.882. The zero-order valence-corrected chi connectivity index (χ0v) is 11.3. The zero-order valence-electron chi connectivity index (χ0n) is 10.5. The highest BCUT2D eigenvalue weighted by Crippen LogP contribution is 2.04. The van der Waals surface area contributed by atoms with Gasteiger partial charge in [0, 0.05) is 19.6 Å². The van der Waals surface area contributed by atoms with Gasteiger partial charge in [0.1, 0.15) is 5.82 Å². The molecule has 1 aromatic carbocycles. The van der Waals surface area contributed by atoms with Gasteiger partial charge in [0.05, 0.1) is 19.1 Å². The Balaban J connectivity index is 0.00000180. The summed E-state index contributed by atoms with van der Waals surface area (Å²) < 4.78 is 18.1. The van der Waals surface area contributed by atoms with Crippen molar-refractivity contribution < 1.29 is 13.9 Å². The summed E-state index contributed by atoms with van der Waals surface area (Å²) in [4.78, 5) is 11.7. The van der Waals surface area contributed by atoms with Crippen molar-refractivity contribution in [2.45, 2.75) is 19.1 Å². The Hall–Kier alpha value is -1.17. The minimum Gasteiger partial charge on any atom is -0.375 e. The zero-order chi connectivity index (χ0) is 12.8. The van der Waals surface area contributed by atoms with E-state index in [1.165, 1.54) is 12.1 Å². The Morgan fingerprint density at radius 1 is 1.42 bits per heavy atom. The molecule has 1 unspecified atom stereocenters. The van der Waals surface area contributed by atoms with Gasteiger partial charge < -0.3 is 15.4 Å². The van der Waals surface area contributed by atoms with Crippen LogP contribution < -0.4 is 10.6 Å². The number of morpholine rings is 1. The quantitative estimate of drug-likeness (QED) is 0.876. The molecule has 0 bridgehead atoms. The third kappa shape index (κ3) is 5.55. The van der Waals surface area contributed by atoms with E-state index in [2.05, 4.69) is 10.6 Å². The monoisotopic (exact) mass is 288 g/mol. The van der Waals surface area contributed by atoms with E-state index in [1.54, 1.807) is 12.1 Å². The highest BCUT2D eigenvalue weighted by Gasteiger charge is 2.16. The van der Waals surface area contributed by atoms with E-state index in [1.807, 2.05) is 0 Å². The average molecular weight is 289 g/mol. The van der Waals surface area contributed by atoms with Crippen LogP contribution in [0.3, 0.4) is 0 Å². The van der Waals surface area contributed by atoms with Crippen LogP contribution in [0.25, 0.3) is 0 Å². The van der Waals surface area contributed by atoms with E-state index in [-0.39, 0.29) is 30.2 Å². The topological polar surface area (TPSA) is 50.4 Å². The van der Waals surface area contributed by atoms with E-state index >= 15 is 0 Å². The van der Waals surface area contributed by atoms with Gasteiger partial charge >= 0.3 is 0 Å². The molecule has 0 radical (unpaired) electrons. The maximum Gasteiger partial charge on any atom is 0.222 e. The van der Waals surface area contributed by atoms with Crippen molar-refractivity contribution >= 4 is 18.3 Å². The molecule has 0 spiro atoms. The lowest BCUT2D eigenvalue weighted by Gasteiger charge is -2.23. The van der Waals surface area contributed by atoms with Crippen LogP contribution >= 0.6 is 12.4 Å². The molecule has 6 heteroatoms. The van der Waals surface area contributed by atoms with Crippen molar-refractivity contribution in [3.05, 3.63) is 35.6 Å². The number of carbonyl (C=O) groups excluding carboxylic acids is 1. The first kappa shape index (κ1) is 15.9. The van der Waals surface area contributed by atoms with Crippen LogP contribution in [-0.2, 0) is 16.1 Å². The van der Waals surface area contributed by atoms with Gasteiger partial charge in [-0.05, 0) is 17.7 Å². The van der Waals surface area contributed by atoms with Crippen molar-refractivity contribution in [3.8, 4) is 0 Å². The number of carbonyl (C=O) groups is 1. The summed E-state index contributed by atoms with van der Waals surface area (Å²) >= 11 is 0. The molecule has 19 heavy (non-hydrogen) atoms. The molecule has 1 aliphatic rings. The predicted molar refractivity (Wildman–Crippen MR) is 72.7 cm³/mol. The van der Waals surface area contributed by atoms with Crippen LogP contribution in [0.4, 0.5) is 4.39 Å². The van der Waals surface area contributed by atoms with Gasteiger partial charge in [-0.3, -0.25) is 4.79 Å². The number of ether oxygens (including phenoxy) is 1. The lowest BCUT2D eigenvalue weighted by Crippen LogP contribution is -2.41. The third-order valence-electron chi connectivity index (χ3n) is 2.82. The summed E-state index contributed by atoms with van der Waals surface area (Å²) in [6.45, 7) is 2.62. The van der Waals surface area contributed by atoms with Crippen LogP contribution in [0.15, 0.2) is 24.3 Å². The lowest BCUT2D eigenvalue weighted by molar-refractivity contribution is -0.124.